The predicted octanol–water partition coefficient (Wildman–Crippen LogP) is 3.98. The van der Waals surface area contributed by atoms with Crippen LogP contribution in [0, 0.1) is 0 Å². The van der Waals surface area contributed by atoms with Gasteiger partial charge in [0.05, 0.1) is 25.9 Å². The second kappa shape index (κ2) is 10.2. The first-order valence-corrected chi connectivity index (χ1v) is 10.3. The van der Waals surface area contributed by atoms with Gasteiger partial charge in [0.25, 0.3) is 0 Å². The van der Waals surface area contributed by atoms with Crippen molar-refractivity contribution in [1.82, 2.24) is 9.88 Å². The fourth-order valence-corrected chi connectivity index (χ4v) is 3.53. The van der Waals surface area contributed by atoms with Gasteiger partial charge in [0.2, 0.25) is 11.8 Å². The summed E-state index contributed by atoms with van der Waals surface area (Å²) in [6, 6.07) is 14.4. The number of hydrogen-bond acceptors (Lipinski definition) is 6. The summed E-state index contributed by atoms with van der Waals surface area (Å²) in [6.45, 7) is 0.135. The maximum atomic E-state index is 12.3. The number of likely N-dealkylation sites (N-methyl/N-ethyl adjacent to an activating group) is 1. The van der Waals surface area contributed by atoms with E-state index >= 15 is 0 Å². The lowest BCUT2D eigenvalue weighted by atomic mass is 10.2. The molecule has 0 aliphatic heterocycles. The second-order valence-corrected chi connectivity index (χ2v) is 7.84. The molecule has 1 heterocycles. The van der Waals surface area contributed by atoms with Crippen molar-refractivity contribution in [3.63, 3.8) is 0 Å². The molecule has 0 radical (unpaired) electrons. The minimum atomic E-state index is -0.243. The van der Waals surface area contributed by atoms with E-state index in [0.717, 1.165) is 17.0 Å². The van der Waals surface area contributed by atoms with E-state index < -0.39 is 0 Å². The van der Waals surface area contributed by atoms with Crippen LogP contribution in [0.15, 0.2) is 53.9 Å². The first-order chi connectivity index (χ1) is 14.4. The number of ether oxygens (including phenoxy) is 1. The molecule has 1 aromatic heterocycles. The number of amides is 2. The summed E-state index contributed by atoms with van der Waals surface area (Å²) >= 11 is 7.17. The van der Waals surface area contributed by atoms with Gasteiger partial charge in [0, 0.05) is 21.7 Å². The van der Waals surface area contributed by atoms with E-state index in [0.29, 0.717) is 15.8 Å². The van der Waals surface area contributed by atoms with Crippen molar-refractivity contribution in [1.29, 1.82) is 0 Å². The van der Waals surface area contributed by atoms with Crippen LogP contribution in [0.2, 0.25) is 5.02 Å². The van der Waals surface area contributed by atoms with Crippen LogP contribution < -0.4 is 15.4 Å². The molecule has 2 N–H and O–H groups in total. The Labute approximate surface area is 183 Å². The van der Waals surface area contributed by atoms with Crippen LogP contribution in [0.25, 0.3) is 11.3 Å². The lowest BCUT2D eigenvalue weighted by Crippen LogP contribution is -2.36. The molecule has 0 aliphatic carbocycles. The maximum Gasteiger partial charge on any atom is 0.240 e. The van der Waals surface area contributed by atoms with Crippen LogP contribution in [-0.4, -0.2) is 48.9 Å². The molecule has 7 nitrogen and oxygen atoms in total. The Morgan fingerprint density at radius 2 is 1.67 bits per heavy atom. The van der Waals surface area contributed by atoms with E-state index in [1.54, 1.807) is 43.3 Å². The Balaban J connectivity index is 1.48. The SMILES string of the molecule is COc1ccc(-c2csc(NC(=O)CN(C)CC(=O)Nc3ccc(Cl)cc3)n2)cc1. The number of hydrogen-bond donors (Lipinski definition) is 2. The predicted molar refractivity (Wildman–Crippen MR) is 120 cm³/mol. The van der Waals surface area contributed by atoms with Gasteiger partial charge in [-0.15, -0.1) is 11.3 Å². The molecule has 156 valence electrons. The number of anilines is 2. The first kappa shape index (κ1) is 21.8. The van der Waals surface area contributed by atoms with Gasteiger partial charge in [0.1, 0.15) is 5.75 Å². The van der Waals surface area contributed by atoms with Crippen LogP contribution in [0.5, 0.6) is 5.75 Å². The van der Waals surface area contributed by atoms with E-state index in [2.05, 4.69) is 15.6 Å². The molecule has 0 aliphatic rings. The Hall–Kier alpha value is -2.94. The van der Waals surface area contributed by atoms with E-state index in [4.69, 9.17) is 16.3 Å². The zero-order chi connectivity index (χ0) is 21.5. The van der Waals surface area contributed by atoms with E-state index in [-0.39, 0.29) is 24.9 Å². The quantitative estimate of drug-likeness (QED) is 0.549. The highest BCUT2D eigenvalue weighted by Gasteiger charge is 2.13. The molecule has 30 heavy (non-hydrogen) atoms. The average Bonchev–Trinajstić information content (AvgIpc) is 3.17. The molecule has 2 amide bonds. The molecule has 0 fully saturated rings. The third-order valence-corrected chi connectivity index (χ3v) is 5.10. The average molecular weight is 445 g/mol. The number of thiazole rings is 1. The van der Waals surface area contributed by atoms with Crippen molar-refractivity contribution in [2.75, 3.05) is 37.9 Å². The molecule has 0 saturated heterocycles. The molecule has 3 aromatic rings. The monoisotopic (exact) mass is 444 g/mol. The van der Waals surface area contributed by atoms with Crippen molar-refractivity contribution in [3.8, 4) is 17.0 Å². The van der Waals surface area contributed by atoms with Gasteiger partial charge >= 0.3 is 0 Å². The smallest absolute Gasteiger partial charge is 0.240 e. The molecule has 2 aromatic carbocycles. The van der Waals surface area contributed by atoms with E-state index in [1.165, 1.54) is 11.3 Å². The highest BCUT2D eigenvalue weighted by Crippen LogP contribution is 2.26. The van der Waals surface area contributed by atoms with Gasteiger partial charge in [-0.2, -0.15) is 0 Å². The number of methoxy groups -OCH3 is 1. The highest BCUT2D eigenvalue weighted by molar-refractivity contribution is 7.14. The largest absolute Gasteiger partial charge is 0.497 e. The van der Waals surface area contributed by atoms with Crippen molar-refractivity contribution in [2.24, 2.45) is 0 Å². The zero-order valence-corrected chi connectivity index (χ0v) is 18.1. The topological polar surface area (TPSA) is 83.6 Å². The first-order valence-electron chi connectivity index (χ1n) is 9.06. The number of carbonyl (C=O) groups is 2. The number of rotatable bonds is 8. The minimum absolute atomic E-state index is 0.0610. The Bertz CT molecular complexity index is 1010. The van der Waals surface area contributed by atoms with Gasteiger partial charge < -0.3 is 15.4 Å². The third-order valence-electron chi connectivity index (χ3n) is 4.09. The number of aromatic nitrogens is 1. The lowest BCUT2D eigenvalue weighted by molar-refractivity contribution is -0.119. The third kappa shape index (κ3) is 6.28. The summed E-state index contributed by atoms with van der Waals surface area (Å²) in [5, 5.41) is 8.51. The maximum absolute atomic E-state index is 12.3. The highest BCUT2D eigenvalue weighted by atomic mass is 35.5. The van der Waals surface area contributed by atoms with Gasteiger partial charge in [-0.3, -0.25) is 14.5 Å². The van der Waals surface area contributed by atoms with Crippen LogP contribution in [-0.2, 0) is 9.59 Å². The normalized spacial score (nSPS) is 10.7. The van der Waals surface area contributed by atoms with E-state index in [1.807, 2.05) is 29.6 Å². The van der Waals surface area contributed by atoms with Crippen LogP contribution in [0.4, 0.5) is 10.8 Å². The van der Waals surface area contributed by atoms with Crippen LogP contribution in [0.3, 0.4) is 0 Å². The molecular weight excluding hydrogens is 424 g/mol. The number of halogens is 1. The molecule has 9 heteroatoms. The minimum Gasteiger partial charge on any atom is -0.497 e. The molecule has 0 saturated carbocycles. The Kier molecular flexibility index (Phi) is 7.40. The van der Waals surface area contributed by atoms with Crippen molar-refractivity contribution in [3.05, 3.63) is 58.9 Å². The summed E-state index contributed by atoms with van der Waals surface area (Å²) in [4.78, 5) is 30.5. The lowest BCUT2D eigenvalue weighted by Gasteiger charge is -2.15. The summed E-state index contributed by atoms with van der Waals surface area (Å²) in [7, 11) is 3.31. The summed E-state index contributed by atoms with van der Waals surface area (Å²) in [5.41, 5.74) is 2.35. The molecule has 0 spiro atoms. The van der Waals surface area contributed by atoms with Gasteiger partial charge in [-0.1, -0.05) is 11.6 Å². The van der Waals surface area contributed by atoms with E-state index in [9.17, 15) is 9.59 Å². The molecule has 3 rings (SSSR count). The zero-order valence-electron chi connectivity index (χ0n) is 16.5. The van der Waals surface area contributed by atoms with Crippen molar-refractivity contribution >= 4 is 45.6 Å². The number of nitrogens with one attached hydrogen (secondary N) is 2. The van der Waals surface area contributed by atoms with Crippen molar-refractivity contribution < 1.29 is 14.3 Å². The fourth-order valence-electron chi connectivity index (χ4n) is 2.66. The van der Waals surface area contributed by atoms with Crippen LogP contribution >= 0.6 is 22.9 Å². The molecular formula is C21H21ClN4O3S. The van der Waals surface area contributed by atoms with Gasteiger partial charge in [0.15, 0.2) is 5.13 Å². The van der Waals surface area contributed by atoms with Crippen LogP contribution in [0.1, 0.15) is 0 Å². The summed E-state index contributed by atoms with van der Waals surface area (Å²) in [6.07, 6.45) is 0. The molecule has 0 atom stereocenters. The molecule has 0 bridgehead atoms. The number of nitrogens with zero attached hydrogens (tertiary/aromatic N) is 2. The Morgan fingerprint density at radius 1 is 1.03 bits per heavy atom. The number of benzene rings is 2. The van der Waals surface area contributed by atoms with Crippen molar-refractivity contribution in [2.45, 2.75) is 0 Å². The van der Waals surface area contributed by atoms with Gasteiger partial charge in [-0.25, -0.2) is 4.98 Å². The standard InChI is InChI=1S/C21H21ClN4O3S/c1-26(11-19(27)23-16-7-5-15(22)6-8-16)12-20(28)25-21-24-18(13-30-21)14-3-9-17(29-2)10-4-14/h3-10,13H,11-12H2,1-2H3,(H,23,27)(H,24,25,28). The summed E-state index contributed by atoms with van der Waals surface area (Å²) < 4.78 is 5.15. The summed E-state index contributed by atoms with van der Waals surface area (Å²) in [5.74, 6) is 0.307. The van der Waals surface area contributed by atoms with Gasteiger partial charge in [-0.05, 0) is 55.6 Å². The molecule has 0 unspecified atom stereocenters. The second-order valence-electron chi connectivity index (χ2n) is 6.54. The fraction of sp³-hybridized carbons (Fsp3) is 0.190. The number of carbonyl (C=O) groups excluding carboxylic acids is 2. The Morgan fingerprint density at radius 3 is 2.30 bits per heavy atom.